The van der Waals surface area contributed by atoms with Gasteiger partial charge in [-0.15, -0.1) is 0 Å². The number of aryl methyl sites for hydroxylation is 2. The molecule has 184 valence electrons. The average Bonchev–Trinajstić information content (AvgIpc) is 3.68. The van der Waals surface area contributed by atoms with E-state index in [4.69, 9.17) is 0 Å². The van der Waals surface area contributed by atoms with Gasteiger partial charge in [-0.2, -0.15) is 0 Å². The third-order valence-electron chi connectivity index (χ3n) is 6.96. The molecule has 6 rings (SSSR count). The van der Waals surface area contributed by atoms with E-state index in [0.29, 0.717) is 0 Å². The van der Waals surface area contributed by atoms with Crippen molar-refractivity contribution in [2.24, 2.45) is 0 Å². The first-order chi connectivity index (χ1) is 18.0. The van der Waals surface area contributed by atoms with Gasteiger partial charge in [0.1, 0.15) is 11.0 Å². The molecule has 5 aromatic carbocycles. The summed E-state index contributed by atoms with van der Waals surface area (Å²) in [6.07, 6.45) is 0. The summed E-state index contributed by atoms with van der Waals surface area (Å²) in [6, 6.07) is 38.1. The van der Waals surface area contributed by atoms with Crippen LogP contribution in [0.2, 0.25) is 0 Å². The summed E-state index contributed by atoms with van der Waals surface area (Å²) < 4.78 is 29.7. The van der Waals surface area contributed by atoms with Crippen molar-refractivity contribution in [2.45, 2.75) is 40.6 Å². The first-order valence-electron chi connectivity index (χ1n) is 12.3. The van der Waals surface area contributed by atoms with Gasteiger partial charge in [-0.25, -0.2) is 12.7 Å². The van der Waals surface area contributed by atoms with Crippen LogP contribution < -0.4 is 0 Å². The lowest BCUT2D eigenvalue weighted by Crippen LogP contribution is -2.06. The maximum absolute atomic E-state index is 13.9. The second-order valence-electron chi connectivity index (χ2n) is 9.54. The lowest BCUT2D eigenvalue weighted by atomic mass is 10.0. The number of benzene rings is 5. The number of hydrogen-bond donors (Lipinski definition) is 0. The molecule has 1 saturated heterocycles. The molecule has 0 bridgehead atoms. The Morgan fingerprint density at radius 3 is 1.89 bits per heavy atom. The minimum Gasteiger partial charge on any atom is -0.249 e. The van der Waals surface area contributed by atoms with E-state index in [-0.39, 0.29) is 12.1 Å². The smallest absolute Gasteiger partial charge is 0.128 e. The summed E-state index contributed by atoms with van der Waals surface area (Å²) in [7, 11) is -2.70. The van der Waals surface area contributed by atoms with Crippen molar-refractivity contribution in [3.8, 4) is 0 Å². The molecule has 0 saturated carbocycles. The normalized spacial score (nSPS) is 20.4. The minimum atomic E-state index is -1.36. The topological polar surface area (TPSA) is 37.1 Å². The molecule has 1 fully saturated rings. The van der Waals surface area contributed by atoms with E-state index in [2.05, 4.69) is 30.3 Å². The van der Waals surface area contributed by atoms with E-state index >= 15 is 0 Å². The Bertz CT molecular complexity index is 1640. The molecule has 1 heterocycles. The Morgan fingerprint density at radius 1 is 0.595 bits per heavy atom. The summed E-state index contributed by atoms with van der Waals surface area (Å²) in [4.78, 5) is 2.31. The van der Waals surface area contributed by atoms with Gasteiger partial charge in [0.05, 0.1) is 27.8 Å². The Kier molecular flexibility index (Phi) is 6.37. The molecular formula is C32H27NO2S2. The molecule has 5 heteroatoms. The van der Waals surface area contributed by atoms with Crippen LogP contribution in [0.4, 0.5) is 0 Å². The predicted octanol–water partition coefficient (Wildman–Crippen LogP) is 7.44. The maximum atomic E-state index is 13.9. The fraction of sp³-hybridized carbons (Fsp3) is 0.125. The van der Waals surface area contributed by atoms with Gasteiger partial charge in [-0.3, -0.25) is 0 Å². The molecule has 1 aliphatic heterocycles. The summed E-state index contributed by atoms with van der Waals surface area (Å²) in [5, 5.41) is 2.33. The van der Waals surface area contributed by atoms with E-state index in [1.165, 1.54) is 5.39 Å². The van der Waals surface area contributed by atoms with Crippen LogP contribution in [0.25, 0.3) is 10.8 Å². The molecule has 0 N–H and O–H groups in total. The second-order valence-corrected chi connectivity index (χ2v) is 12.4. The van der Waals surface area contributed by atoms with E-state index < -0.39 is 21.8 Å². The number of rotatable bonds is 6. The molecule has 0 radical (unpaired) electrons. The quantitative estimate of drug-likeness (QED) is 0.218. The van der Waals surface area contributed by atoms with Gasteiger partial charge in [-0.05, 0) is 72.1 Å². The molecule has 0 amide bonds. The van der Waals surface area contributed by atoms with Crippen LogP contribution in [0.3, 0.4) is 0 Å². The van der Waals surface area contributed by atoms with Crippen molar-refractivity contribution in [1.29, 1.82) is 0 Å². The molecule has 5 atom stereocenters. The lowest BCUT2D eigenvalue weighted by Gasteiger charge is -2.10. The average molecular weight is 522 g/mol. The summed E-state index contributed by atoms with van der Waals surface area (Å²) in [5.41, 5.74) is 4.33. The zero-order chi connectivity index (χ0) is 25.5. The SMILES string of the molecule is Cc1ccc(S(=O)c2ccccc2[C@H]2[C@@H](c3ccc4ccccc4c3)N2S(=O)c2ccc(C)cc2)cc1. The molecule has 37 heavy (non-hydrogen) atoms. The van der Waals surface area contributed by atoms with Gasteiger partial charge >= 0.3 is 0 Å². The summed E-state index contributed by atoms with van der Waals surface area (Å²) >= 11 is 0. The molecule has 0 spiro atoms. The van der Waals surface area contributed by atoms with E-state index in [0.717, 1.165) is 42.3 Å². The van der Waals surface area contributed by atoms with Crippen LogP contribution in [-0.4, -0.2) is 12.7 Å². The van der Waals surface area contributed by atoms with Gasteiger partial charge in [0.25, 0.3) is 0 Å². The molecule has 0 aliphatic carbocycles. The fourth-order valence-electron chi connectivity index (χ4n) is 4.90. The standard InChI is InChI=1S/C32H27NO2S2/c1-22-11-17-27(18-12-22)36(34)30-10-6-5-9-29(30)32-31(26-16-15-24-7-3-4-8-25(24)21-26)33(32)37(35)28-19-13-23(2)14-20-28/h3-21,31-32H,1-2H3/t31-,32+,33?,36?,37?/m1/s1. The minimum absolute atomic E-state index is 0.0806. The Balaban J connectivity index is 1.44. The van der Waals surface area contributed by atoms with Gasteiger partial charge in [0, 0.05) is 9.79 Å². The summed E-state index contributed by atoms with van der Waals surface area (Å²) in [6.45, 7) is 4.05. The van der Waals surface area contributed by atoms with Crippen LogP contribution in [-0.2, 0) is 21.8 Å². The Hall–Kier alpha value is -3.38. The number of hydrogen-bond acceptors (Lipinski definition) is 2. The first-order valence-corrected chi connectivity index (χ1v) is 14.6. The van der Waals surface area contributed by atoms with Gasteiger partial charge < -0.3 is 0 Å². The van der Waals surface area contributed by atoms with E-state index in [9.17, 15) is 8.42 Å². The maximum Gasteiger partial charge on any atom is 0.128 e. The molecular weight excluding hydrogens is 494 g/mol. The molecule has 5 aromatic rings. The Labute approximate surface area is 222 Å². The third-order valence-corrected chi connectivity index (χ3v) is 9.94. The van der Waals surface area contributed by atoms with Crippen molar-refractivity contribution >= 4 is 32.6 Å². The van der Waals surface area contributed by atoms with Crippen LogP contribution in [0, 0.1) is 13.8 Å². The molecule has 0 aromatic heterocycles. The molecule has 1 aliphatic rings. The number of nitrogens with zero attached hydrogens (tertiary/aromatic N) is 1. The zero-order valence-corrected chi connectivity index (χ0v) is 22.3. The molecule has 3 nitrogen and oxygen atoms in total. The second kappa shape index (κ2) is 9.82. The highest BCUT2D eigenvalue weighted by Crippen LogP contribution is 2.58. The fourth-order valence-corrected chi connectivity index (χ4v) is 7.58. The van der Waals surface area contributed by atoms with Crippen LogP contribution >= 0.6 is 0 Å². The first kappa shape index (κ1) is 24.0. The zero-order valence-electron chi connectivity index (χ0n) is 20.7. The number of fused-ring (bicyclic) bond motifs is 1. The van der Waals surface area contributed by atoms with Crippen molar-refractivity contribution in [3.05, 3.63) is 138 Å². The van der Waals surface area contributed by atoms with Gasteiger partial charge in [0.15, 0.2) is 0 Å². The largest absolute Gasteiger partial charge is 0.249 e. The van der Waals surface area contributed by atoms with Crippen LogP contribution in [0.15, 0.2) is 130 Å². The highest BCUT2D eigenvalue weighted by molar-refractivity contribution is 7.85. The highest BCUT2D eigenvalue weighted by atomic mass is 32.2. The molecule has 3 unspecified atom stereocenters. The van der Waals surface area contributed by atoms with Crippen molar-refractivity contribution in [1.82, 2.24) is 4.31 Å². The van der Waals surface area contributed by atoms with Gasteiger partial charge in [0.2, 0.25) is 0 Å². The van der Waals surface area contributed by atoms with Crippen LogP contribution in [0.5, 0.6) is 0 Å². The highest BCUT2D eigenvalue weighted by Gasteiger charge is 2.54. The van der Waals surface area contributed by atoms with Crippen molar-refractivity contribution in [2.75, 3.05) is 0 Å². The van der Waals surface area contributed by atoms with E-state index in [1.807, 2.05) is 103 Å². The van der Waals surface area contributed by atoms with Crippen molar-refractivity contribution in [3.63, 3.8) is 0 Å². The van der Waals surface area contributed by atoms with Crippen LogP contribution in [0.1, 0.15) is 34.3 Å². The van der Waals surface area contributed by atoms with E-state index in [1.54, 1.807) is 0 Å². The van der Waals surface area contributed by atoms with Crippen molar-refractivity contribution < 1.29 is 8.42 Å². The monoisotopic (exact) mass is 521 g/mol. The lowest BCUT2D eigenvalue weighted by molar-refractivity contribution is 0.637. The summed E-state index contributed by atoms with van der Waals surface area (Å²) in [5.74, 6) is 0. The Morgan fingerprint density at radius 2 is 1.19 bits per heavy atom. The predicted molar refractivity (Wildman–Crippen MR) is 151 cm³/mol. The third kappa shape index (κ3) is 4.59. The van der Waals surface area contributed by atoms with Gasteiger partial charge in [-0.1, -0.05) is 90.0 Å².